The normalized spacial score (nSPS) is 21.4. The summed E-state index contributed by atoms with van der Waals surface area (Å²) in [7, 11) is 0. The van der Waals surface area contributed by atoms with Gasteiger partial charge in [-0.25, -0.2) is 0 Å². The van der Waals surface area contributed by atoms with Crippen LogP contribution in [-0.2, 0) is 16.7 Å². The zero-order chi connectivity index (χ0) is 14.2. The van der Waals surface area contributed by atoms with Crippen LogP contribution in [0.1, 0.15) is 50.9 Å². The van der Waals surface area contributed by atoms with Crippen molar-refractivity contribution in [2.75, 3.05) is 32.8 Å². The van der Waals surface area contributed by atoms with Crippen LogP contribution in [0, 0.1) is 0 Å². The third-order valence-electron chi connectivity index (χ3n) is 4.29. The molecule has 1 saturated heterocycles. The van der Waals surface area contributed by atoms with Crippen LogP contribution >= 0.6 is 0 Å². The molecule has 1 saturated carbocycles. The molecular formula is C16H27N3O. The van der Waals surface area contributed by atoms with E-state index in [0.717, 1.165) is 45.3 Å². The molecule has 20 heavy (non-hydrogen) atoms. The third-order valence-corrected chi connectivity index (χ3v) is 4.29. The smallest absolute Gasteiger partial charge is 0.0658 e. The summed E-state index contributed by atoms with van der Waals surface area (Å²) in [5, 5.41) is 4.88. The molecule has 0 radical (unpaired) electrons. The maximum absolute atomic E-state index is 5.41. The zero-order valence-corrected chi connectivity index (χ0v) is 13.1. The van der Waals surface area contributed by atoms with E-state index in [2.05, 4.69) is 36.4 Å². The van der Waals surface area contributed by atoms with Crippen molar-refractivity contribution in [1.82, 2.24) is 14.7 Å². The fourth-order valence-electron chi connectivity index (χ4n) is 2.85. The van der Waals surface area contributed by atoms with Gasteiger partial charge in [-0.1, -0.05) is 20.8 Å². The number of morpholine rings is 1. The Morgan fingerprint density at radius 2 is 1.90 bits per heavy atom. The topological polar surface area (TPSA) is 30.3 Å². The lowest BCUT2D eigenvalue weighted by Gasteiger charge is -2.27. The molecular weight excluding hydrogens is 250 g/mol. The van der Waals surface area contributed by atoms with Crippen LogP contribution < -0.4 is 0 Å². The third kappa shape index (κ3) is 3.23. The Morgan fingerprint density at radius 3 is 2.50 bits per heavy atom. The molecule has 1 aromatic rings. The first-order valence-corrected chi connectivity index (χ1v) is 7.92. The fraction of sp³-hybridized carbons (Fsp3) is 0.812. The monoisotopic (exact) mass is 277 g/mol. The van der Waals surface area contributed by atoms with Gasteiger partial charge < -0.3 is 4.74 Å². The number of nitrogens with zero attached hydrogens (tertiary/aromatic N) is 3. The molecule has 112 valence electrons. The summed E-state index contributed by atoms with van der Waals surface area (Å²) in [6, 6.07) is 2.34. The summed E-state index contributed by atoms with van der Waals surface area (Å²) in [5.74, 6) is 0.737. The lowest BCUT2D eigenvalue weighted by molar-refractivity contribution is 0.0357. The standard InChI is InChI=1S/C16H27N3O/c1-16(2,3)15-12-14(13-4-5-13)17-19(15)7-6-18-8-10-20-11-9-18/h12-13H,4-11H2,1-3H3. The van der Waals surface area contributed by atoms with E-state index < -0.39 is 0 Å². The minimum absolute atomic E-state index is 0.172. The zero-order valence-electron chi connectivity index (χ0n) is 13.1. The van der Waals surface area contributed by atoms with Crippen LogP contribution in [0.3, 0.4) is 0 Å². The predicted octanol–water partition coefficient (Wildman–Crippen LogP) is 2.39. The largest absolute Gasteiger partial charge is 0.379 e. The van der Waals surface area contributed by atoms with E-state index in [1.54, 1.807) is 0 Å². The summed E-state index contributed by atoms with van der Waals surface area (Å²) in [5.41, 5.74) is 2.87. The summed E-state index contributed by atoms with van der Waals surface area (Å²) >= 11 is 0. The summed E-state index contributed by atoms with van der Waals surface area (Å²) < 4.78 is 7.66. The molecule has 0 spiro atoms. The predicted molar refractivity (Wildman–Crippen MR) is 80.2 cm³/mol. The number of aromatic nitrogens is 2. The van der Waals surface area contributed by atoms with E-state index in [0.29, 0.717) is 0 Å². The van der Waals surface area contributed by atoms with Gasteiger partial charge in [0.05, 0.1) is 25.5 Å². The van der Waals surface area contributed by atoms with Gasteiger partial charge in [-0.05, 0) is 18.9 Å². The maximum atomic E-state index is 5.41. The van der Waals surface area contributed by atoms with E-state index >= 15 is 0 Å². The van der Waals surface area contributed by atoms with Gasteiger partial charge in [0.1, 0.15) is 0 Å². The van der Waals surface area contributed by atoms with Crippen LogP contribution in [0.4, 0.5) is 0 Å². The molecule has 1 aromatic heterocycles. The highest BCUT2D eigenvalue weighted by molar-refractivity contribution is 5.23. The minimum atomic E-state index is 0.172. The van der Waals surface area contributed by atoms with E-state index in [1.807, 2.05) is 0 Å². The number of ether oxygens (including phenoxy) is 1. The van der Waals surface area contributed by atoms with Crippen molar-refractivity contribution in [2.24, 2.45) is 0 Å². The number of hydrogen-bond acceptors (Lipinski definition) is 3. The van der Waals surface area contributed by atoms with E-state index in [1.165, 1.54) is 24.2 Å². The van der Waals surface area contributed by atoms with E-state index in [9.17, 15) is 0 Å². The average Bonchev–Trinajstić information content (AvgIpc) is 3.16. The van der Waals surface area contributed by atoms with Gasteiger partial charge in [0, 0.05) is 36.7 Å². The lowest BCUT2D eigenvalue weighted by atomic mass is 9.91. The molecule has 0 amide bonds. The first-order valence-electron chi connectivity index (χ1n) is 7.92. The Kier molecular flexibility index (Phi) is 3.87. The van der Waals surface area contributed by atoms with Gasteiger partial charge in [-0.3, -0.25) is 9.58 Å². The van der Waals surface area contributed by atoms with Crippen molar-refractivity contribution < 1.29 is 4.74 Å². The molecule has 0 bridgehead atoms. The molecule has 0 N–H and O–H groups in total. The van der Waals surface area contributed by atoms with Crippen LogP contribution in [-0.4, -0.2) is 47.5 Å². The van der Waals surface area contributed by atoms with E-state index in [4.69, 9.17) is 9.84 Å². The minimum Gasteiger partial charge on any atom is -0.379 e. The van der Waals surface area contributed by atoms with Crippen molar-refractivity contribution in [3.05, 3.63) is 17.5 Å². The van der Waals surface area contributed by atoms with Crippen molar-refractivity contribution in [2.45, 2.75) is 51.5 Å². The van der Waals surface area contributed by atoms with Crippen LogP contribution in [0.5, 0.6) is 0 Å². The van der Waals surface area contributed by atoms with Crippen molar-refractivity contribution in [3.63, 3.8) is 0 Å². The fourth-order valence-corrected chi connectivity index (χ4v) is 2.85. The van der Waals surface area contributed by atoms with Gasteiger partial charge in [0.25, 0.3) is 0 Å². The molecule has 4 nitrogen and oxygen atoms in total. The summed E-state index contributed by atoms with van der Waals surface area (Å²) in [4.78, 5) is 2.48. The highest BCUT2D eigenvalue weighted by atomic mass is 16.5. The average molecular weight is 277 g/mol. The van der Waals surface area contributed by atoms with Crippen LogP contribution in [0.25, 0.3) is 0 Å². The van der Waals surface area contributed by atoms with E-state index in [-0.39, 0.29) is 5.41 Å². The molecule has 2 fully saturated rings. The summed E-state index contributed by atoms with van der Waals surface area (Å²) in [6.07, 6.45) is 2.65. The Balaban J connectivity index is 1.70. The van der Waals surface area contributed by atoms with Crippen molar-refractivity contribution >= 4 is 0 Å². The first kappa shape index (κ1) is 14.1. The number of hydrogen-bond donors (Lipinski definition) is 0. The molecule has 0 atom stereocenters. The maximum Gasteiger partial charge on any atom is 0.0658 e. The quantitative estimate of drug-likeness (QED) is 0.846. The SMILES string of the molecule is CC(C)(C)c1cc(C2CC2)nn1CCN1CCOCC1. The van der Waals surface area contributed by atoms with Crippen LogP contribution in [0.15, 0.2) is 6.07 Å². The Morgan fingerprint density at radius 1 is 1.20 bits per heavy atom. The van der Waals surface area contributed by atoms with Gasteiger partial charge in [0.2, 0.25) is 0 Å². The van der Waals surface area contributed by atoms with Gasteiger partial charge in [-0.15, -0.1) is 0 Å². The Hall–Kier alpha value is -0.870. The second-order valence-corrected chi connectivity index (χ2v) is 7.16. The lowest BCUT2D eigenvalue weighted by Crippen LogP contribution is -2.38. The Bertz CT molecular complexity index is 451. The summed E-state index contributed by atoms with van der Waals surface area (Å²) in [6.45, 7) is 12.8. The first-order chi connectivity index (χ1) is 9.54. The highest BCUT2D eigenvalue weighted by Crippen LogP contribution is 2.40. The molecule has 0 unspecified atom stereocenters. The molecule has 1 aliphatic heterocycles. The molecule has 2 aliphatic rings. The van der Waals surface area contributed by atoms with Crippen molar-refractivity contribution in [3.8, 4) is 0 Å². The second kappa shape index (κ2) is 5.49. The molecule has 0 aromatic carbocycles. The second-order valence-electron chi connectivity index (χ2n) is 7.16. The van der Waals surface area contributed by atoms with Crippen LogP contribution in [0.2, 0.25) is 0 Å². The van der Waals surface area contributed by atoms with Crippen molar-refractivity contribution in [1.29, 1.82) is 0 Å². The molecule has 1 aliphatic carbocycles. The molecule has 4 heteroatoms. The Labute approximate surface area is 122 Å². The van der Waals surface area contributed by atoms with Gasteiger partial charge in [-0.2, -0.15) is 5.10 Å². The number of rotatable bonds is 4. The highest BCUT2D eigenvalue weighted by Gasteiger charge is 2.30. The van der Waals surface area contributed by atoms with Gasteiger partial charge in [0.15, 0.2) is 0 Å². The van der Waals surface area contributed by atoms with Gasteiger partial charge >= 0.3 is 0 Å². The molecule has 2 heterocycles. The molecule has 3 rings (SSSR count).